The van der Waals surface area contributed by atoms with E-state index in [1.54, 1.807) is 35.0 Å². The lowest BCUT2D eigenvalue weighted by atomic mass is 10.1. The van der Waals surface area contributed by atoms with E-state index in [1.807, 2.05) is 12.1 Å². The second-order valence-electron chi connectivity index (χ2n) is 8.63. The van der Waals surface area contributed by atoms with Crippen LogP contribution >= 0.6 is 0 Å². The van der Waals surface area contributed by atoms with Crippen molar-refractivity contribution in [3.05, 3.63) is 76.9 Å². The fourth-order valence-electron chi connectivity index (χ4n) is 4.29. The molecular weight excluding hydrogens is 455 g/mol. The molecule has 1 aliphatic heterocycles. The molecule has 3 aromatic rings. The number of nitrogens with zero attached hydrogens (tertiary/aromatic N) is 3. The Morgan fingerprint density at radius 2 is 1.59 bits per heavy atom. The van der Waals surface area contributed by atoms with E-state index in [9.17, 15) is 17.6 Å². The molecule has 1 aliphatic rings. The third-order valence-corrected chi connectivity index (χ3v) is 8.28. The first-order valence-electron chi connectivity index (χ1n) is 11.5. The van der Waals surface area contributed by atoms with Crippen molar-refractivity contribution >= 4 is 21.6 Å². The Bertz CT molecular complexity index is 1260. The number of aromatic nitrogens is 2. The maximum absolute atomic E-state index is 13.3. The van der Waals surface area contributed by atoms with Crippen molar-refractivity contribution in [2.75, 3.05) is 18.4 Å². The summed E-state index contributed by atoms with van der Waals surface area (Å²) in [5.41, 5.74) is 2.97. The minimum Gasteiger partial charge on any atom is -0.322 e. The number of rotatable bonds is 6. The highest BCUT2D eigenvalue weighted by Crippen LogP contribution is 2.26. The maximum atomic E-state index is 13.3. The zero-order chi connectivity index (χ0) is 24.3. The van der Waals surface area contributed by atoms with Crippen LogP contribution in [0.4, 0.5) is 10.1 Å². The zero-order valence-corrected chi connectivity index (χ0v) is 20.2. The summed E-state index contributed by atoms with van der Waals surface area (Å²) >= 11 is 0. The molecule has 2 heterocycles. The number of carbonyl (C=O) groups excluding carboxylic acids is 1. The Labute approximate surface area is 199 Å². The average Bonchev–Trinajstić information content (AvgIpc) is 2.99. The van der Waals surface area contributed by atoms with Gasteiger partial charge < -0.3 is 5.32 Å². The van der Waals surface area contributed by atoms with E-state index in [0.29, 0.717) is 47.2 Å². The van der Waals surface area contributed by atoms with Crippen molar-refractivity contribution in [2.45, 2.75) is 51.0 Å². The summed E-state index contributed by atoms with van der Waals surface area (Å²) in [6.07, 6.45) is 3.88. The van der Waals surface area contributed by atoms with E-state index in [0.717, 1.165) is 31.2 Å². The molecular formula is C25H29FN4O3S. The van der Waals surface area contributed by atoms with Crippen molar-refractivity contribution in [1.82, 2.24) is 14.1 Å². The van der Waals surface area contributed by atoms with E-state index < -0.39 is 10.0 Å². The Morgan fingerprint density at radius 1 is 0.971 bits per heavy atom. The number of hydrogen-bond donors (Lipinski definition) is 1. The van der Waals surface area contributed by atoms with E-state index in [2.05, 4.69) is 10.4 Å². The van der Waals surface area contributed by atoms with Crippen molar-refractivity contribution < 1.29 is 17.6 Å². The molecule has 0 aliphatic carbocycles. The number of aryl methyl sites for hydroxylation is 1. The number of amides is 1. The number of benzene rings is 2. The van der Waals surface area contributed by atoms with Gasteiger partial charge in [-0.05, 0) is 68.7 Å². The van der Waals surface area contributed by atoms with Gasteiger partial charge in [0, 0.05) is 24.3 Å². The van der Waals surface area contributed by atoms with Crippen LogP contribution in [0.25, 0.3) is 0 Å². The molecule has 34 heavy (non-hydrogen) atoms. The Balaban J connectivity index is 1.49. The fraction of sp³-hybridized carbons (Fsp3) is 0.360. The normalized spacial score (nSPS) is 15.1. The van der Waals surface area contributed by atoms with Gasteiger partial charge in [-0.25, -0.2) is 12.8 Å². The zero-order valence-electron chi connectivity index (χ0n) is 19.4. The van der Waals surface area contributed by atoms with Crippen LogP contribution in [0.5, 0.6) is 0 Å². The van der Waals surface area contributed by atoms with Gasteiger partial charge in [0.25, 0.3) is 5.91 Å². The van der Waals surface area contributed by atoms with Crippen LogP contribution in [0.2, 0.25) is 0 Å². The second-order valence-corrected chi connectivity index (χ2v) is 10.5. The van der Waals surface area contributed by atoms with Gasteiger partial charge in [0.1, 0.15) is 10.7 Å². The number of nitrogens with one attached hydrogen (secondary N) is 1. The molecule has 2 aromatic carbocycles. The van der Waals surface area contributed by atoms with Crippen LogP contribution in [0.3, 0.4) is 0 Å². The van der Waals surface area contributed by atoms with Crippen molar-refractivity contribution in [1.29, 1.82) is 0 Å². The van der Waals surface area contributed by atoms with Crippen molar-refractivity contribution in [2.24, 2.45) is 0 Å². The van der Waals surface area contributed by atoms with Crippen LogP contribution in [0, 0.1) is 19.7 Å². The lowest BCUT2D eigenvalue weighted by Crippen LogP contribution is -2.32. The predicted octanol–water partition coefficient (Wildman–Crippen LogP) is 4.50. The van der Waals surface area contributed by atoms with E-state index >= 15 is 0 Å². The summed E-state index contributed by atoms with van der Waals surface area (Å²) in [7, 11) is -3.59. The Morgan fingerprint density at radius 3 is 2.21 bits per heavy atom. The summed E-state index contributed by atoms with van der Waals surface area (Å²) in [5.74, 6) is -0.663. The van der Waals surface area contributed by atoms with Crippen molar-refractivity contribution in [3.8, 4) is 0 Å². The topological polar surface area (TPSA) is 84.3 Å². The third kappa shape index (κ3) is 5.20. The molecule has 7 nitrogen and oxygen atoms in total. The van der Waals surface area contributed by atoms with E-state index in [-0.39, 0.29) is 11.7 Å². The fourth-order valence-corrected chi connectivity index (χ4v) is 6.18. The number of carbonyl (C=O) groups is 1. The van der Waals surface area contributed by atoms with Gasteiger partial charge in [-0.3, -0.25) is 9.48 Å². The lowest BCUT2D eigenvalue weighted by molar-refractivity contribution is 0.102. The largest absolute Gasteiger partial charge is 0.322 e. The van der Waals surface area contributed by atoms with Gasteiger partial charge in [-0.2, -0.15) is 9.40 Å². The molecule has 0 atom stereocenters. The molecule has 0 unspecified atom stereocenters. The van der Waals surface area contributed by atoms with Crippen LogP contribution in [0.15, 0.2) is 53.4 Å². The van der Waals surface area contributed by atoms with E-state index in [4.69, 9.17) is 0 Å². The number of sulfonamides is 1. The Hall–Kier alpha value is -3.04. The van der Waals surface area contributed by atoms with Crippen molar-refractivity contribution in [3.63, 3.8) is 0 Å². The smallest absolute Gasteiger partial charge is 0.255 e. The molecule has 0 bridgehead atoms. The van der Waals surface area contributed by atoms with Gasteiger partial charge in [0.05, 0.1) is 17.9 Å². The molecule has 0 saturated carbocycles. The molecule has 1 N–H and O–H groups in total. The van der Waals surface area contributed by atoms with Gasteiger partial charge in [-0.15, -0.1) is 0 Å². The van der Waals surface area contributed by atoms with Gasteiger partial charge in [0.2, 0.25) is 10.0 Å². The average molecular weight is 485 g/mol. The Kier molecular flexibility index (Phi) is 7.13. The molecule has 0 radical (unpaired) electrons. The summed E-state index contributed by atoms with van der Waals surface area (Å²) in [6, 6.07) is 12.6. The molecule has 180 valence electrons. The third-order valence-electron chi connectivity index (χ3n) is 6.13. The lowest BCUT2D eigenvalue weighted by Gasteiger charge is -2.20. The molecule has 1 amide bonds. The molecule has 1 fully saturated rings. The van der Waals surface area contributed by atoms with E-state index in [1.165, 1.54) is 24.3 Å². The van der Waals surface area contributed by atoms with Gasteiger partial charge >= 0.3 is 0 Å². The second kappa shape index (κ2) is 10.1. The first-order chi connectivity index (χ1) is 16.3. The van der Waals surface area contributed by atoms with Crippen LogP contribution in [-0.2, 0) is 16.6 Å². The van der Waals surface area contributed by atoms with Gasteiger partial charge in [-0.1, -0.05) is 25.0 Å². The van der Waals surface area contributed by atoms with Crippen LogP contribution in [-0.4, -0.2) is 41.5 Å². The molecule has 1 saturated heterocycles. The van der Waals surface area contributed by atoms with Crippen LogP contribution in [0.1, 0.15) is 53.0 Å². The monoisotopic (exact) mass is 484 g/mol. The first-order valence-corrected chi connectivity index (χ1v) is 12.9. The summed E-state index contributed by atoms with van der Waals surface area (Å²) in [5, 5.41) is 7.24. The summed E-state index contributed by atoms with van der Waals surface area (Å²) in [6.45, 7) is 5.01. The highest BCUT2D eigenvalue weighted by Gasteiger charge is 2.31. The highest BCUT2D eigenvalue weighted by atomic mass is 32.2. The minimum absolute atomic E-state index is 0.296. The standard InChI is InChI=1S/C25H29FN4O3S/c1-18-24(34(32,33)29-15-5-3-4-6-16-29)19(2)30(28-18)17-20-7-9-21(10-8-20)25(31)27-23-13-11-22(26)12-14-23/h7-14H,3-6,15-17H2,1-2H3,(H,27,31). The number of hydrogen-bond acceptors (Lipinski definition) is 4. The minimum atomic E-state index is -3.59. The number of anilines is 1. The predicted molar refractivity (Wildman–Crippen MR) is 129 cm³/mol. The highest BCUT2D eigenvalue weighted by molar-refractivity contribution is 7.89. The quantitative estimate of drug-likeness (QED) is 0.558. The number of halogens is 1. The van der Waals surface area contributed by atoms with Gasteiger partial charge in [0.15, 0.2) is 0 Å². The maximum Gasteiger partial charge on any atom is 0.255 e. The molecule has 4 rings (SSSR count). The SMILES string of the molecule is Cc1nn(Cc2ccc(C(=O)Nc3ccc(F)cc3)cc2)c(C)c1S(=O)(=O)N1CCCCCC1. The molecule has 0 spiro atoms. The summed E-state index contributed by atoms with van der Waals surface area (Å²) < 4.78 is 43.0. The summed E-state index contributed by atoms with van der Waals surface area (Å²) in [4.78, 5) is 12.8. The first kappa shape index (κ1) is 24.1. The van der Waals surface area contributed by atoms with Crippen LogP contribution < -0.4 is 5.32 Å². The molecule has 1 aromatic heterocycles. The molecule has 9 heteroatoms.